The second kappa shape index (κ2) is 27.2. The van der Waals surface area contributed by atoms with Gasteiger partial charge in [-0.15, -0.1) is 0 Å². The molecule has 0 saturated heterocycles. The van der Waals surface area contributed by atoms with Gasteiger partial charge in [-0.3, -0.25) is 9.59 Å². The number of rotatable bonds is 28. The number of unbranched alkanes of at least 4 members (excludes halogenated alkanes) is 13. The summed E-state index contributed by atoms with van der Waals surface area (Å²) in [6, 6.07) is 0. The summed E-state index contributed by atoms with van der Waals surface area (Å²) in [6.45, 7) is 9.51. The Bertz CT molecular complexity index is 573. The molecule has 0 radical (unpaired) electrons. The largest absolute Gasteiger partial charge is 0.480 e. The highest BCUT2D eigenvalue weighted by Crippen LogP contribution is 2.16. The standard InChI is InChI=1S/C33H63NO4/c1-29(2)23-19-15-11-7-5-6-10-14-18-22-26-38-31(27-32(35)34-28-33(36)37)25-21-17-13-9-8-12-16-20-24-30(3)4/h10,14,29-31H,5-9,11-13,15-28H2,1-4H3,(H,34,35)(H,36,37). The molecule has 0 aromatic heterocycles. The SMILES string of the molecule is CC(C)CCCCCCCC=CCCCOC(CCCCCCCCCCC(C)C)CC(=O)NCC(=O)O. The van der Waals surface area contributed by atoms with Crippen LogP contribution in [-0.4, -0.2) is 36.2 Å². The van der Waals surface area contributed by atoms with Gasteiger partial charge in [0.05, 0.1) is 12.5 Å². The zero-order chi connectivity index (χ0) is 28.3. The summed E-state index contributed by atoms with van der Waals surface area (Å²) in [5, 5.41) is 11.3. The molecule has 0 aliphatic heterocycles. The van der Waals surface area contributed by atoms with Gasteiger partial charge in [-0.05, 0) is 43.9 Å². The molecular formula is C33H63NO4. The van der Waals surface area contributed by atoms with E-state index in [2.05, 4.69) is 45.2 Å². The van der Waals surface area contributed by atoms with Crippen molar-refractivity contribution in [3.05, 3.63) is 12.2 Å². The molecule has 5 nitrogen and oxygen atoms in total. The molecule has 0 heterocycles. The van der Waals surface area contributed by atoms with E-state index in [9.17, 15) is 9.59 Å². The fourth-order valence-electron chi connectivity index (χ4n) is 4.71. The van der Waals surface area contributed by atoms with Crippen LogP contribution in [0.4, 0.5) is 0 Å². The van der Waals surface area contributed by atoms with Crippen molar-refractivity contribution in [1.29, 1.82) is 0 Å². The Hall–Kier alpha value is -1.36. The van der Waals surface area contributed by atoms with E-state index in [1.807, 2.05) is 0 Å². The number of nitrogens with one attached hydrogen (secondary N) is 1. The number of carbonyl (C=O) groups is 2. The summed E-state index contributed by atoms with van der Waals surface area (Å²) in [6.07, 6.45) is 28.2. The highest BCUT2D eigenvalue weighted by atomic mass is 16.5. The van der Waals surface area contributed by atoms with Gasteiger partial charge in [-0.25, -0.2) is 0 Å². The minimum absolute atomic E-state index is 0.125. The maximum atomic E-state index is 12.1. The van der Waals surface area contributed by atoms with Gasteiger partial charge in [0.2, 0.25) is 5.91 Å². The van der Waals surface area contributed by atoms with Crippen LogP contribution in [0.3, 0.4) is 0 Å². The molecule has 0 rings (SSSR count). The summed E-state index contributed by atoms with van der Waals surface area (Å²) in [7, 11) is 0. The van der Waals surface area contributed by atoms with E-state index in [0.717, 1.165) is 43.9 Å². The van der Waals surface area contributed by atoms with E-state index in [4.69, 9.17) is 9.84 Å². The number of ether oxygens (including phenoxy) is 1. The fraction of sp³-hybridized carbons (Fsp3) is 0.879. The number of amides is 1. The maximum absolute atomic E-state index is 12.1. The highest BCUT2D eigenvalue weighted by Gasteiger charge is 2.15. The van der Waals surface area contributed by atoms with Crippen molar-refractivity contribution in [3.8, 4) is 0 Å². The van der Waals surface area contributed by atoms with Gasteiger partial charge in [0.1, 0.15) is 6.54 Å². The Morgan fingerprint density at radius 1 is 0.658 bits per heavy atom. The predicted molar refractivity (Wildman–Crippen MR) is 162 cm³/mol. The van der Waals surface area contributed by atoms with Crippen molar-refractivity contribution in [2.45, 2.75) is 162 Å². The van der Waals surface area contributed by atoms with Gasteiger partial charge in [0.25, 0.3) is 0 Å². The van der Waals surface area contributed by atoms with Gasteiger partial charge < -0.3 is 15.2 Å². The van der Waals surface area contributed by atoms with Crippen LogP contribution in [0.2, 0.25) is 0 Å². The first kappa shape index (κ1) is 36.6. The van der Waals surface area contributed by atoms with E-state index in [1.54, 1.807) is 0 Å². The van der Waals surface area contributed by atoms with Crippen LogP contribution in [0.5, 0.6) is 0 Å². The van der Waals surface area contributed by atoms with E-state index in [-0.39, 0.29) is 25.0 Å². The molecule has 1 atom stereocenters. The second-order valence-electron chi connectivity index (χ2n) is 12.0. The van der Waals surface area contributed by atoms with E-state index < -0.39 is 5.97 Å². The van der Waals surface area contributed by atoms with Gasteiger partial charge >= 0.3 is 5.97 Å². The summed E-state index contributed by atoms with van der Waals surface area (Å²) in [4.78, 5) is 22.9. The molecule has 0 aliphatic carbocycles. The van der Waals surface area contributed by atoms with Crippen molar-refractivity contribution >= 4 is 11.9 Å². The number of carboxylic acid groups (broad SMARTS) is 1. The second-order valence-corrected chi connectivity index (χ2v) is 12.0. The molecule has 224 valence electrons. The summed E-state index contributed by atoms with van der Waals surface area (Å²) in [5.74, 6) is 0.396. The molecule has 2 N–H and O–H groups in total. The minimum Gasteiger partial charge on any atom is -0.480 e. The fourth-order valence-corrected chi connectivity index (χ4v) is 4.71. The first-order chi connectivity index (χ1) is 18.3. The first-order valence-electron chi connectivity index (χ1n) is 16.1. The average molecular weight is 538 g/mol. The van der Waals surface area contributed by atoms with Crippen molar-refractivity contribution in [2.24, 2.45) is 11.8 Å². The smallest absolute Gasteiger partial charge is 0.322 e. The molecule has 0 saturated carbocycles. The zero-order valence-corrected chi connectivity index (χ0v) is 25.6. The molecule has 5 heteroatoms. The third kappa shape index (κ3) is 29.2. The van der Waals surface area contributed by atoms with Crippen LogP contribution in [0, 0.1) is 11.8 Å². The number of allylic oxidation sites excluding steroid dienone is 2. The van der Waals surface area contributed by atoms with E-state index in [1.165, 1.54) is 89.9 Å². The molecule has 1 amide bonds. The summed E-state index contributed by atoms with van der Waals surface area (Å²) < 4.78 is 6.07. The molecule has 0 aliphatic rings. The first-order valence-corrected chi connectivity index (χ1v) is 16.1. The normalized spacial score (nSPS) is 12.6. The number of hydrogen-bond acceptors (Lipinski definition) is 3. The molecule has 0 spiro atoms. The predicted octanol–water partition coefficient (Wildman–Crippen LogP) is 9.24. The number of carbonyl (C=O) groups excluding carboxylic acids is 1. The summed E-state index contributed by atoms with van der Waals surface area (Å²) in [5.41, 5.74) is 0. The molecule has 38 heavy (non-hydrogen) atoms. The van der Waals surface area contributed by atoms with E-state index in [0.29, 0.717) is 6.61 Å². The van der Waals surface area contributed by atoms with Gasteiger partial charge in [-0.2, -0.15) is 0 Å². The zero-order valence-electron chi connectivity index (χ0n) is 25.6. The lowest BCUT2D eigenvalue weighted by Gasteiger charge is -2.17. The monoisotopic (exact) mass is 537 g/mol. The van der Waals surface area contributed by atoms with Gasteiger partial charge in [-0.1, -0.05) is 130 Å². The van der Waals surface area contributed by atoms with Crippen molar-refractivity contribution < 1.29 is 19.4 Å². The maximum Gasteiger partial charge on any atom is 0.322 e. The Morgan fingerprint density at radius 2 is 1.11 bits per heavy atom. The van der Waals surface area contributed by atoms with E-state index >= 15 is 0 Å². The lowest BCUT2D eigenvalue weighted by molar-refractivity contribution is -0.138. The number of hydrogen-bond donors (Lipinski definition) is 2. The Labute approximate surface area is 236 Å². The van der Waals surface area contributed by atoms with Gasteiger partial charge in [0, 0.05) is 6.61 Å². The Kier molecular flexibility index (Phi) is 26.2. The lowest BCUT2D eigenvalue weighted by Crippen LogP contribution is -2.32. The Balaban J connectivity index is 3.99. The van der Waals surface area contributed by atoms with Gasteiger partial charge in [0.15, 0.2) is 0 Å². The van der Waals surface area contributed by atoms with Crippen molar-refractivity contribution in [1.82, 2.24) is 5.32 Å². The molecule has 1 unspecified atom stereocenters. The quantitative estimate of drug-likeness (QED) is 0.0770. The Morgan fingerprint density at radius 3 is 1.61 bits per heavy atom. The van der Waals surface area contributed by atoms with Crippen LogP contribution < -0.4 is 5.32 Å². The van der Waals surface area contributed by atoms with Crippen LogP contribution in [-0.2, 0) is 14.3 Å². The molecule has 0 fully saturated rings. The third-order valence-corrected chi connectivity index (χ3v) is 7.10. The number of carboxylic acids is 1. The third-order valence-electron chi connectivity index (χ3n) is 7.10. The van der Waals surface area contributed by atoms with Crippen molar-refractivity contribution in [2.75, 3.05) is 13.2 Å². The van der Waals surface area contributed by atoms with Crippen molar-refractivity contribution in [3.63, 3.8) is 0 Å². The molecule has 0 bridgehead atoms. The molecule has 0 aromatic carbocycles. The average Bonchev–Trinajstić information content (AvgIpc) is 2.86. The summed E-state index contributed by atoms with van der Waals surface area (Å²) >= 11 is 0. The van der Waals surface area contributed by atoms with Crippen LogP contribution in [0.25, 0.3) is 0 Å². The van der Waals surface area contributed by atoms with Crippen LogP contribution >= 0.6 is 0 Å². The minimum atomic E-state index is -1.02. The molecular weight excluding hydrogens is 474 g/mol. The lowest BCUT2D eigenvalue weighted by atomic mass is 10.0. The van der Waals surface area contributed by atoms with Crippen LogP contribution in [0.15, 0.2) is 12.2 Å². The number of aliphatic carboxylic acids is 1. The molecule has 0 aromatic rings. The highest BCUT2D eigenvalue weighted by molar-refractivity contribution is 5.81. The van der Waals surface area contributed by atoms with Crippen LogP contribution in [0.1, 0.15) is 156 Å². The topological polar surface area (TPSA) is 75.6 Å².